The first-order valence-corrected chi connectivity index (χ1v) is 9.45. The monoisotopic (exact) mass is 377 g/mol. The van der Waals surface area contributed by atoms with E-state index < -0.39 is 5.60 Å². The molecular weight excluding hydrogens is 346 g/mol. The number of amides is 2. The van der Waals surface area contributed by atoms with Crippen LogP contribution in [0.25, 0.3) is 0 Å². The molecule has 1 fully saturated rings. The largest absolute Gasteiger partial charge is 0.444 e. The summed E-state index contributed by atoms with van der Waals surface area (Å²) >= 11 is 0. The summed E-state index contributed by atoms with van der Waals surface area (Å²) in [4.78, 5) is 41.2. The van der Waals surface area contributed by atoms with E-state index >= 15 is 0 Å². The number of aromatic amines is 1. The van der Waals surface area contributed by atoms with Crippen molar-refractivity contribution < 1.29 is 19.1 Å². The van der Waals surface area contributed by atoms with Crippen molar-refractivity contribution in [2.75, 3.05) is 19.6 Å². The van der Waals surface area contributed by atoms with Crippen LogP contribution in [0.15, 0.2) is 0 Å². The van der Waals surface area contributed by atoms with Crippen LogP contribution in [0, 0.1) is 19.8 Å². The molecular formula is C20H31N3O4. The van der Waals surface area contributed by atoms with E-state index in [0.717, 1.165) is 12.8 Å². The molecule has 2 N–H and O–H groups in total. The van der Waals surface area contributed by atoms with Crippen molar-refractivity contribution in [1.82, 2.24) is 15.2 Å². The molecule has 0 aliphatic carbocycles. The third-order valence-corrected chi connectivity index (χ3v) is 4.74. The van der Waals surface area contributed by atoms with Crippen molar-refractivity contribution in [3.8, 4) is 0 Å². The van der Waals surface area contributed by atoms with E-state index in [2.05, 4.69) is 10.3 Å². The van der Waals surface area contributed by atoms with Crippen LogP contribution in [0.5, 0.6) is 0 Å². The van der Waals surface area contributed by atoms with Crippen LogP contribution in [0.4, 0.5) is 4.79 Å². The van der Waals surface area contributed by atoms with Gasteiger partial charge < -0.3 is 19.9 Å². The number of carbonyl (C=O) groups is 3. The quantitative estimate of drug-likeness (QED) is 0.788. The highest BCUT2D eigenvalue weighted by Crippen LogP contribution is 2.20. The molecule has 1 unspecified atom stereocenters. The fourth-order valence-electron chi connectivity index (χ4n) is 3.55. The van der Waals surface area contributed by atoms with Crippen LogP contribution in [0.3, 0.4) is 0 Å². The number of rotatable bonds is 4. The Morgan fingerprint density at radius 3 is 2.48 bits per heavy atom. The van der Waals surface area contributed by atoms with Gasteiger partial charge in [0.05, 0.1) is 0 Å². The lowest BCUT2D eigenvalue weighted by Crippen LogP contribution is -2.45. The third kappa shape index (κ3) is 5.34. The van der Waals surface area contributed by atoms with Gasteiger partial charge in [-0.25, -0.2) is 4.79 Å². The van der Waals surface area contributed by atoms with Gasteiger partial charge in [-0.05, 0) is 65.9 Å². The second-order valence-corrected chi connectivity index (χ2v) is 8.33. The first-order valence-electron chi connectivity index (χ1n) is 9.45. The van der Waals surface area contributed by atoms with Crippen LogP contribution in [0.1, 0.15) is 72.6 Å². The molecule has 1 aliphatic rings. The van der Waals surface area contributed by atoms with E-state index in [0.29, 0.717) is 42.1 Å². The summed E-state index contributed by atoms with van der Waals surface area (Å²) in [5.41, 5.74) is 1.87. The predicted octanol–water partition coefficient (Wildman–Crippen LogP) is 3.21. The topological polar surface area (TPSA) is 91.5 Å². The van der Waals surface area contributed by atoms with Gasteiger partial charge in [-0.15, -0.1) is 0 Å². The molecule has 1 aliphatic heterocycles. The number of hydrogen-bond donors (Lipinski definition) is 2. The second kappa shape index (κ2) is 8.15. The Morgan fingerprint density at radius 2 is 1.93 bits per heavy atom. The molecule has 27 heavy (non-hydrogen) atoms. The first kappa shape index (κ1) is 21.0. The van der Waals surface area contributed by atoms with E-state index in [1.165, 1.54) is 6.92 Å². The highest BCUT2D eigenvalue weighted by atomic mass is 16.6. The fourth-order valence-corrected chi connectivity index (χ4v) is 3.55. The van der Waals surface area contributed by atoms with E-state index in [9.17, 15) is 14.4 Å². The van der Waals surface area contributed by atoms with Crippen molar-refractivity contribution in [3.05, 3.63) is 22.5 Å². The Labute approximate surface area is 160 Å². The van der Waals surface area contributed by atoms with Crippen molar-refractivity contribution >= 4 is 17.8 Å². The summed E-state index contributed by atoms with van der Waals surface area (Å²) in [5.74, 6) is -0.100. The zero-order valence-electron chi connectivity index (χ0n) is 17.2. The summed E-state index contributed by atoms with van der Waals surface area (Å²) < 4.78 is 5.44. The average Bonchev–Trinajstić information content (AvgIpc) is 2.86. The average molecular weight is 377 g/mol. The molecule has 0 radical (unpaired) electrons. The summed E-state index contributed by atoms with van der Waals surface area (Å²) in [6.45, 7) is 12.3. The number of aryl methyl sites for hydroxylation is 1. The number of aromatic nitrogens is 1. The lowest BCUT2D eigenvalue weighted by atomic mass is 9.98. The van der Waals surface area contributed by atoms with Crippen LogP contribution in [-0.4, -0.2) is 52.9 Å². The number of ether oxygens (including phenoxy) is 1. The Bertz CT molecular complexity index is 730. The van der Waals surface area contributed by atoms with Crippen LogP contribution < -0.4 is 5.32 Å². The van der Waals surface area contributed by atoms with E-state index in [-0.39, 0.29) is 23.7 Å². The predicted molar refractivity (Wildman–Crippen MR) is 103 cm³/mol. The molecule has 0 bridgehead atoms. The number of carbonyl (C=O) groups excluding carboxylic acids is 3. The minimum atomic E-state index is -0.518. The highest BCUT2D eigenvalue weighted by Gasteiger charge is 2.28. The zero-order valence-corrected chi connectivity index (χ0v) is 17.2. The lowest BCUT2D eigenvalue weighted by molar-refractivity contribution is 0.0167. The first-order chi connectivity index (χ1) is 12.5. The molecule has 2 heterocycles. The smallest absolute Gasteiger partial charge is 0.410 e. The molecule has 2 rings (SSSR count). The van der Waals surface area contributed by atoms with E-state index in [1.54, 1.807) is 18.7 Å². The maximum atomic E-state index is 12.5. The van der Waals surface area contributed by atoms with Crippen molar-refractivity contribution in [2.45, 2.75) is 60.0 Å². The number of ketones is 1. The van der Waals surface area contributed by atoms with Crippen LogP contribution in [0.2, 0.25) is 0 Å². The maximum Gasteiger partial charge on any atom is 0.410 e. The van der Waals surface area contributed by atoms with Gasteiger partial charge in [0.1, 0.15) is 11.3 Å². The molecule has 2 amide bonds. The molecule has 1 aromatic heterocycles. The Kier molecular flexibility index (Phi) is 6.34. The molecule has 0 spiro atoms. The van der Waals surface area contributed by atoms with Crippen LogP contribution >= 0.6 is 0 Å². The number of piperidine rings is 1. The van der Waals surface area contributed by atoms with Gasteiger partial charge in [-0.3, -0.25) is 9.59 Å². The van der Waals surface area contributed by atoms with Crippen molar-refractivity contribution in [1.29, 1.82) is 0 Å². The molecule has 1 atom stereocenters. The molecule has 7 nitrogen and oxygen atoms in total. The van der Waals surface area contributed by atoms with Gasteiger partial charge in [0.25, 0.3) is 5.91 Å². The third-order valence-electron chi connectivity index (χ3n) is 4.74. The van der Waals surface area contributed by atoms with E-state index in [1.807, 2.05) is 20.8 Å². The van der Waals surface area contributed by atoms with Gasteiger partial charge in [-0.2, -0.15) is 0 Å². The number of likely N-dealkylation sites (tertiary alicyclic amines) is 1. The van der Waals surface area contributed by atoms with Gasteiger partial charge in [0.15, 0.2) is 5.78 Å². The van der Waals surface area contributed by atoms with Crippen molar-refractivity contribution in [2.24, 2.45) is 5.92 Å². The van der Waals surface area contributed by atoms with E-state index in [4.69, 9.17) is 4.74 Å². The Balaban J connectivity index is 1.94. The fraction of sp³-hybridized carbons (Fsp3) is 0.650. The Morgan fingerprint density at radius 1 is 1.26 bits per heavy atom. The molecule has 1 aromatic rings. The van der Waals surface area contributed by atoms with Gasteiger partial charge >= 0.3 is 6.09 Å². The molecule has 7 heteroatoms. The molecule has 1 saturated heterocycles. The standard InChI is InChI=1S/C20H31N3O4/c1-12-16(14(3)24)13(2)22-17(12)18(25)21-10-15-8-7-9-23(11-15)19(26)27-20(4,5)6/h15,22H,7-11H2,1-6H3,(H,21,25). The highest BCUT2D eigenvalue weighted by molar-refractivity contribution is 6.02. The number of H-pyrrole nitrogens is 1. The zero-order chi connectivity index (χ0) is 20.4. The molecule has 0 saturated carbocycles. The number of nitrogens with zero attached hydrogens (tertiary/aromatic N) is 1. The maximum absolute atomic E-state index is 12.5. The lowest BCUT2D eigenvalue weighted by Gasteiger charge is -2.34. The normalized spacial score (nSPS) is 17.6. The minimum absolute atomic E-state index is 0.0550. The number of hydrogen-bond acceptors (Lipinski definition) is 4. The second-order valence-electron chi connectivity index (χ2n) is 8.33. The van der Waals surface area contributed by atoms with Gasteiger partial charge in [-0.1, -0.05) is 0 Å². The van der Waals surface area contributed by atoms with Gasteiger partial charge in [0, 0.05) is 30.9 Å². The van der Waals surface area contributed by atoms with Crippen molar-refractivity contribution in [3.63, 3.8) is 0 Å². The number of Topliss-reactive ketones (excluding diaryl/α,β-unsaturated/α-hetero) is 1. The molecule has 0 aromatic carbocycles. The summed E-state index contributed by atoms with van der Waals surface area (Å²) in [6.07, 6.45) is 1.52. The summed E-state index contributed by atoms with van der Waals surface area (Å²) in [6, 6.07) is 0. The molecule has 150 valence electrons. The van der Waals surface area contributed by atoms with Gasteiger partial charge in [0.2, 0.25) is 0 Å². The Hall–Kier alpha value is -2.31. The summed E-state index contributed by atoms with van der Waals surface area (Å²) in [7, 11) is 0. The SMILES string of the molecule is CC(=O)c1c(C)[nH]c(C(=O)NCC2CCCN(C(=O)OC(C)(C)C)C2)c1C. The summed E-state index contributed by atoms with van der Waals surface area (Å²) in [5, 5.41) is 2.94. The minimum Gasteiger partial charge on any atom is -0.444 e. The number of nitrogens with one attached hydrogen (secondary N) is 2. The van der Waals surface area contributed by atoms with Crippen LogP contribution in [-0.2, 0) is 4.74 Å².